The summed E-state index contributed by atoms with van der Waals surface area (Å²) in [6.45, 7) is 3.05. The number of halogens is 1. The van der Waals surface area contributed by atoms with Gasteiger partial charge in [-0.25, -0.2) is 4.39 Å². The van der Waals surface area contributed by atoms with Crippen LogP contribution in [0.15, 0.2) is 71.3 Å². The molecule has 1 saturated heterocycles. The predicted molar refractivity (Wildman–Crippen MR) is 108 cm³/mol. The van der Waals surface area contributed by atoms with Gasteiger partial charge < -0.3 is 14.5 Å². The second kappa shape index (κ2) is 9.03. The van der Waals surface area contributed by atoms with Crippen LogP contribution in [0.1, 0.15) is 22.2 Å². The Morgan fingerprint density at radius 1 is 1.07 bits per heavy atom. The largest absolute Gasteiger partial charge is 0.459 e. The van der Waals surface area contributed by atoms with E-state index in [0.717, 1.165) is 29.8 Å². The number of morpholine rings is 1. The molecule has 1 amide bonds. The maximum Gasteiger partial charge on any atom is 0.287 e. The van der Waals surface area contributed by atoms with E-state index in [4.69, 9.17) is 9.15 Å². The van der Waals surface area contributed by atoms with Crippen molar-refractivity contribution in [3.8, 4) is 11.1 Å². The molecule has 1 fully saturated rings. The van der Waals surface area contributed by atoms with Crippen LogP contribution < -0.4 is 5.32 Å². The molecule has 4 rings (SSSR count). The summed E-state index contributed by atoms with van der Waals surface area (Å²) in [4.78, 5) is 15.1. The van der Waals surface area contributed by atoms with Gasteiger partial charge in [-0.2, -0.15) is 0 Å². The van der Waals surface area contributed by atoms with Crippen LogP contribution in [-0.4, -0.2) is 43.7 Å². The maximum atomic E-state index is 13.8. The number of carbonyl (C=O) groups excluding carboxylic acids is 1. The molecule has 3 aromatic rings. The molecule has 0 bridgehead atoms. The summed E-state index contributed by atoms with van der Waals surface area (Å²) in [5, 5.41) is 2.97. The minimum absolute atomic E-state index is 0.145. The second-order valence-corrected chi connectivity index (χ2v) is 6.96. The molecular weight excluding hydrogens is 371 g/mol. The summed E-state index contributed by atoms with van der Waals surface area (Å²) in [6, 6.07) is 17.8. The highest BCUT2D eigenvalue weighted by Crippen LogP contribution is 2.26. The molecule has 5 nitrogen and oxygen atoms in total. The molecule has 1 aliphatic rings. The highest BCUT2D eigenvalue weighted by Gasteiger charge is 2.25. The molecule has 29 heavy (non-hydrogen) atoms. The SMILES string of the molecule is O=C(NCC(c1cccc(F)c1)N1CCOCC1)c1occc1-c1ccccc1. The second-order valence-electron chi connectivity index (χ2n) is 6.96. The van der Waals surface area contributed by atoms with Crippen molar-refractivity contribution in [2.75, 3.05) is 32.8 Å². The Morgan fingerprint density at radius 3 is 2.62 bits per heavy atom. The number of amides is 1. The number of carbonyl (C=O) groups is 1. The highest BCUT2D eigenvalue weighted by atomic mass is 19.1. The minimum Gasteiger partial charge on any atom is -0.459 e. The number of benzene rings is 2. The summed E-state index contributed by atoms with van der Waals surface area (Å²) < 4.78 is 24.7. The van der Waals surface area contributed by atoms with Crippen LogP contribution in [0.2, 0.25) is 0 Å². The van der Waals surface area contributed by atoms with Crippen LogP contribution in [0.5, 0.6) is 0 Å². The van der Waals surface area contributed by atoms with Crippen LogP contribution in [0.25, 0.3) is 11.1 Å². The molecule has 1 atom stereocenters. The lowest BCUT2D eigenvalue weighted by molar-refractivity contribution is 0.0161. The molecule has 150 valence electrons. The molecule has 2 heterocycles. The number of ether oxygens (including phenoxy) is 1. The van der Waals surface area contributed by atoms with E-state index in [9.17, 15) is 9.18 Å². The van der Waals surface area contributed by atoms with Gasteiger partial charge in [-0.3, -0.25) is 9.69 Å². The molecule has 2 aromatic carbocycles. The third-order valence-corrected chi connectivity index (χ3v) is 5.13. The zero-order valence-electron chi connectivity index (χ0n) is 16.0. The van der Waals surface area contributed by atoms with E-state index in [-0.39, 0.29) is 23.5 Å². The van der Waals surface area contributed by atoms with Gasteiger partial charge in [-0.1, -0.05) is 42.5 Å². The fourth-order valence-electron chi connectivity index (χ4n) is 3.66. The standard InChI is InChI=1S/C23H23FN2O3/c24-19-8-4-7-18(15-19)21(26-10-13-28-14-11-26)16-25-23(27)22-20(9-12-29-22)17-5-2-1-3-6-17/h1-9,12,15,21H,10-11,13-14,16H2,(H,25,27). The third-order valence-electron chi connectivity index (χ3n) is 5.13. The molecule has 6 heteroatoms. The van der Waals surface area contributed by atoms with Crippen molar-refractivity contribution < 1.29 is 18.3 Å². The number of hydrogen-bond acceptors (Lipinski definition) is 4. The zero-order chi connectivity index (χ0) is 20.1. The van der Waals surface area contributed by atoms with E-state index < -0.39 is 0 Å². The van der Waals surface area contributed by atoms with Crippen molar-refractivity contribution in [3.63, 3.8) is 0 Å². The molecule has 1 aromatic heterocycles. The van der Waals surface area contributed by atoms with Crippen LogP contribution in [0.4, 0.5) is 4.39 Å². The first-order valence-electron chi connectivity index (χ1n) is 9.71. The van der Waals surface area contributed by atoms with Crippen molar-refractivity contribution in [1.29, 1.82) is 0 Å². The van der Waals surface area contributed by atoms with E-state index in [2.05, 4.69) is 10.2 Å². The van der Waals surface area contributed by atoms with Crippen molar-refractivity contribution in [3.05, 3.63) is 84.1 Å². The molecule has 0 radical (unpaired) electrons. The van der Waals surface area contributed by atoms with Gasteiger partial charge in [0.25, 0.3) is 5.91 Å². The van der Waals surface area contributed by atoms with Gasteiger partial charge >= 0.3 is 0 Å². The maximum absolute atomic E-state index is 13.8. The van der Waals surface area contributed by atoms with Gasteiger partial charge in [0.05, 0.1) is 25.5 Å². The molecular formula is C23H23FN2O3. The number of rotatable bonds is 6. The Morgan fingerprint density at radius 2 is 1.86 bits per heavy atom. The van der Waals surface area contributed by atoms with Crippen molar-refractivity contribution in [1.82, 2.24) is 10.2 Å². The molecule has 1 N–H and O–H groups in total. The first kappa shape index (κ1) is 19.4. The van der Waals surface area contributed by atoms with E-state index in [0.29, 0.717) is 19.8 Å². The van der Waals surface area contributed by atoms with Crippen LogP contribution in [0, 0.1) is 5.82 Å². The molecule has 1 aliphatic heterocycles. The summed E-state index contributed by atoms with van der Waals surface area (Å²) in [6.07, 6.45) is 1.52. The fourth-order valence-corrected chi connectivity index (χ4v) is 3.66. The Labute approximate surface area is 169 Å². The number of nitrogens with zero attached hydrogens (tertiary/aromatic N) is 1. The molecule has 0 aliphatic carbocycles. The number of hydrogen-bond donors (Lipinski definition) is 1. The first-order valence-corrected chi connectivity index (χ1v) is 9.71. The lowest BCUT2D eigenvalue weighted by Gasteiger charge is -2.34. The smallest absolute Gasteiger partial charge is 0.287 e. The third kappa shape index (κ3) is 4.55. The van der Waals surface area contributed by atoms with Crippen LogP contribution >= 0.6 is 0 Å². The van der Waals surface area contributed by atoms with E-state index in [1.807, 2.05) is 36.4 Å². The van der Waals surface area contributed by atoms with Gasteiger partial charge in [0.15, 0.2) is 5.76 Å². The van der Waals surface area contributed by atoms with Crippen LogP contribution in [0.3, 0.4) is 0 Å². The van der Waals surface area contributed by atoms with E-state index >= 15 is 0 Å². The quantitative estimate of drug-likeness (QED) is 0.689. The zero-order valence-corrected chi connectivity index (χ0v) is 16.0. The molecule has 0 saturated carbocycles. The normalized spacial score (nSPS) is 15.8. The minimum atomic E-state index is -0.288. The fraction of sp³-hybridized carbons (Fsp3) is 0.261. The van der Waals surface area contributed by atoms with Gasteiger partial charge in [0.2, 0.25) is 0 Å². The monoisotopic (exact) mass is 394 g/mol. The average molecular weight is 394 g/mol. The summed E-state index contributed by atoms with van der Waals surface area (Å²) >= 11 is 0. The Kier molecular flexibility index (Phi) is 6.03. The van der Waals surface area contributed by atoms with Gasteiger partial charge in [0, 0.05) is 25.2 Å². The van der Waals surface area contributed by atoms with Gasteiger partial charge in [0.1, 0.15) is 5.82 Å². The Balaban J connectivity index is 1.52. The van der Waals surface area contributed by atoms with Crippen molar-refractivity contribution in [2.24, 2.45) is 0 Å². The summed E-state index contributed by atoms with van der Waals surface area (Å²) in [7, 11) is 0. The Bertz CT molecular complexity index is 952. The molecule has 0 spiro atoms. The lowest BCUT2D eigenvalue weighted by atomic mass is 10.0. The van der Waals surface area contributed by atoms with Crippen molar-refractivity contribution in [2.45, 2.75) is 6.04 Å². The Hall–Kier alpha value is -2.96. The molecule has 1 unspecified atom stereocenters. The summed E-state index contributed by atoms with van der Waals surface area (Å²) in [5.74, 6) is -0.302. The number of nitrogens with one attached hydrogen (secondary N) is 1. The predicted octanol–water partition coefficient (Wildman–Crippen LogP) is 3.89. The van der Waals surface area contributed by atoms with Crippen molar-refractivity contribution >= 4 is 5.91 Å². The van der Waals surface area contributed by atoms with Crippen LogP contribution in [-0.2, 0) is 4.74 Å². The number of furan rings is 1. The summed E-state index contributed by atoms with van der Waals surface area (Å²) in [5.41, 5.74) is 2.49. The highest BCUT2D eigenvalue weighted by molar-refractivity contribution is 5.98. The first-order chi connectivity index (χ1) is 14.2. The van der Waals surface area contributed by atoms with Gasteiger partial charge in [-0.15, -0.1) is 0 Å². The van der Waals surface area contributed by atoms with E-state index in [1.54, 1.807) is 12.1 Å². The average Bonchev–Trinajstić information content (AvgIpc) is 3.25. The van der Waals surface area contributed by atoms with Gasteiger partial charge in [-0.05, 0) is 29.3 Å². The topological polar surface area (TPSA) is 54.7 Å². The lowest BCUT2D eigenvalue weighted by Crippen LogP contribution is -2.43. The van der Waals surface area contributed by atoms with E-state index in [1.165, 1.54) is 18.4 Å².